The van der Waals surface area contributed by atoms with Crippen LogP contribution in [0.4, 0.5) is 11.4 Å². The molecule has 5 heteroatoms. The number of hydrogen-bond donors (Lipinski definition) is 2. The Morgan fingerprint density at radius 1 is 1.19 bits per heavy atom. The van der Waals surface area contributed by atoms with E-state index in [4.69, 9.17) is 9.47 Å². The van der Waals surface area contributed by atoms with E-state index in [-0.39, 0.29) is 11.3 Å². The third-order valence-corrected chi connectivity index (χ3v) is 5.81. The molecule has 2 aliphatic rings. The maximum absolute atomic E-state index is 12.7. The average molecular weight is 366 g/mol. The second-order valence-electron chi connectivity index (χ2n) is 7.30. The maximum atomic E-state index is 12.7. The van der Waals surface area contributed by atoms with Crippen molar-refractivity contribution < 1.29 is 14.3 Å². The van der Waals surface area contributed by atoms with Crippen LogP contribution in [-0.2, 0) is 10.2 Å². The highest BCUT2D eigenvalue weighted by Crippen LogP contribution is 2.47. The number of fused-ring (bicyclic) bond motifs is 2. The Labute approximate surface area is 160 Å². The molecule has 1 aliphatic carbocycles. The first-order valence-corrected chi connectivity index (χ1v) is 9.64. The lowest BCUT2D eigenvalue weighted by Gasteiger charge is -2.36. The Morgan fingerprint density at radius 2 is 1.96 bits per heavy atom. The number of hydrogen-bond acceptors (Lipinski definition) is 4. The van der Waals surface area contributed by atoms with Gasteiger partial charge in [-0.15, -0.1) is 0 Å². The normalized spacial score (nSPS) is 23.6. The molecule has 27 heavy (non-hydrogen) atoms. The molecule has 0 aromatic heterocycles. The van der Waals surface area contributed by atoms with Gasteiger partial charge < -0.3 is 20.1 Å². The van der Waals surface area contributed by atoms with E-state index in [1.807, 2.05) is 43.3 Å². The van der Waals surface area contributed by atoms with E-state index in [2.05, 4.69) is 16.7 Å². The van der Waals surface area contributed by atoms with E-state index in [0.717, 1.165) is 54.1 Å². The number of para-hydroxylation sites is 1. The van der Waals surface area contributed by atoms with Crippen LogP contribution in [0.1, 0.15) is 38.2 Å². The first-order valence-electron chi connectivity index (χ1n) is 9.64. The van der Waals surface area contributed by atoms with Crippen LogP contribution in [-0.4, -0.2) is 25.7 Å². The van der Waals surface area contributed by atoms with Crippen molar-refractivity contribution in [3.8, 4) is 11.5 Å². The number of carbonyl (C=O) groups excluding carboxylic acids is 1. The Balaban J connectivity index is 1.50. The Hall–Kier alpha value is -2.69. The Bertz CT molecular complexity index is 841. The van der Waals surface area contributed by atoms with Gasteiger partial charge in [-0.1, -0.05) is 18.2 Å². The highest BCUT2D eigenvalue weighted by molar-refractivity contribution is 6.06. The molecular formula is C22H26N2O3. The molecule has 1 spiro atoms. The Kier molecular flexibility index (Phi) is 4.68. The lowest BCUT2D eigenvalue weighted by molar-refractivity contribution is -0.122. The summed E-state index contributed by atoms with van der Waals surface area (Å²) in [6.07, 6.45) is 3.57. The third-order valence-electron chi connectivity index (χ3n) is 5.81. The average Bonchev–Trinajstić information content (AvgIpc) is 2.97. The lowest BCUT2D eigenvalue weighted by atomic mass is 9.69. The largest absolute Gasteiger partial charge is 0.497 e. The third kappa shape index (κ3) is 3.11. The van der Waals surface area contributed by atoms with Gasteiger partial charge in [0.25, 0.3) is 0 Å². The fourth-order valence-electron chi connectivity index (χ4n) is 4.38. The summed E-state index contributed by atoms with van der Waals surface area (Å²) in [4.78, 5) is 12.7. The van der Waals surface area contributed by atoms with Gasteiger partial charge in [-0.25, -0.2) is 0 Å². The molecule has 0 unspecified atom stereocenters. The minimum absolute atomic E-state index is 0.151. The van der Waals surface area contributed by atoms with Crippen LogP contribution in [0, 0.1) is 0 Å². The van der Waals surface area contributed by atoms with Crippen molar-refractivity contribution >= 4 is 17.3 Å². The first kappa shape index (κ1) is 17.7. The number of amides is 1. The van der Waals surface area contributed by atoms with Gasteiger partial charge in [0.05, 0.1) is 24.8 Å². The van der Waals surface area contributed by atoms with Gasteiger partial charge in [-0.05, 0) is 56.4 Å². The van der Waals surface area contributed by atoms with E-state index in [9.17, 15) is 4.79 Å². The molecule has 0 atom stereocenters. The predicted molar refractivity (Wildman–Crippen MR) is 107 cm³/mol. The van der Waals surface area contributed by atoms with Gasteiger partial charge in [0.2, 0.25) is 5.91 Å². The second-order valence-corrected chi connectivity index (χ2v) is 7.30. The number of benzene rings is 2. The van der Waals surface area contributed by atoms with Crippen molar-refractivity contribution in [3.63, 3.8) is 0 Å². The molecule has 1 aliphatic heterocycles. The van der Waals surface area contributed by atoms with Crippen LogP contribution in [0.3, 0.4) is 0 Å². The zero-order chi connectivity index (χ0) is 18.9. The molecule has 2 aromatic rings. The van der Waals surface area contributed by atoms with Crippen molar-refractivity contribution in [2.24, 2.45) is 0 Å². The SMILES string of the molecule is CCOc1ccc(OC)cc1NC1CCC2(CC1)C(=O)Nc1ccccc12. The zero-order valence-electron chi connectivity index (χ0n) is 15.9. The van der Waals surface area contributed by atoms with E-state index in [0.29, 0.717) is 12.6 Å². The molecule has 1 heterocycles. The van der Waals surface area contributed by atoms with Gasteiger partial charge in [0.15, 0.2) is 0 Å². The minimum atomic E-state index is -0.369. The molecular weight excluding hydrogens is 340 g/mol. The number of carbonyl (C=O) groups is 1. The molecule has 1 amide bonds. The van der Waals surface area contributed by atoms with Crippen molar-refractivity contribution in [1.82, 2.24) is 0 Å². The predicted octanol–water partition coefficient (Wildman–Crippen LogP) is 4.34. The monoisotopic (exact) mass is 366 g/mol. The summed E-state index contributed by atoms with van der Waals surface area (Å²) in [5.41, 5.74) is 2.71. The van der Waals surface area contributed by atoms with E-state index < -0.39 is 0 Å². The fraction of sp³-hybridized carbons (Fsp3) is 0.409. The quantitative estimate of drug-likeness (QED) is 0.826. The molecule has 142 valence electrons. The van der Waals surface area contributed by atoms with Gasteiger partial charge in [-0.3, -0.25) is 4.79 Å². The van der Waals surface area contributed by atoms with Gasteiger partial charge in [0.1, 0.15) is 11.5 Å². The van der Waals surface area contributed by atoms with Crippen LogP contribution < -0.4 is 20.1 Å². The van der Waals surface area contributed by atoms with Crippen LogP contribution >= 0.6 is 0 Å². The van der Waals surface area contributed by atoms with Gasteiger partial charge >= 0.3 is 0 Å². The maximum Gasteiger partial charge on any atom is 0.235 e. The molecule has 1 fully saturated rings. The summed E-state index contributed by atoms with van der Waals surface area (Å²) in [6.45, 7) is 2.60. The van der Waals surface area contributed by atoms with Gasteiger partial charge in [-0.2, -0.15) is 0 Å². The molecule has 2 aromatic carbocycles. The minimum Gasteiger partial charge on any atom is -0.497 e. The van der Waals surface area contributed by atoms with Crippen LogP contribution in [0.25, 0.3) is 0 Å². The summed E-state index contributed by atoms with van der Waals surface area (Å²) in [7, 11) is 1.67. The van der Waals surface area contributed by atoms with E-state index in [1.165, 1.54) is 0 Å². The summed E-state index contributed by atoms with van der Waals surface area (Å²) < 4.78 is 11.1. The molecule has 4 rings (SSSR count). The topological polar surface area (TPSA) is 59.6 Å². The zero-order valence-corrected chi connectivity index (χ0v) is 15.9. The van der Waals surface area contributed by atoms with Crippen molar-refractivity contribution in [3.05, 3.63) is 48.0 Å². The van der Waals surface area contributed by atoms with Crippen LogP contribution in [0.15, 0.2) is 42.5 Å². The number of ether oxygens (including phenoxy) is 2. The molecule has 2 N–H and O–H groups in total. The molecule has 0 radical (unpaired) electrons. The highest BCUT2D eigenvalue weighted by Gasteiger charge is 2.48. The van der Waals surface area contributed by atoms with Crippen molar-refractivity contribution in [2.75, 3.05) is 24.4 Å². The number of rotatable bonds is 5. The van der Waals surface area contributed by atoms with Gasteiger partial charge in [0, 0.05) is 17.8 Å². The summed E-state index contributed by atoms with van der Waals surface area (Å²) >= 11 is 0. The molecule has 0 saturated heterocycles. The first-order chi connectivity index (χ1) is 13.2. The van der Waals surface area contributed by atoms with Crippen molar-refractivity contribution in [1.29, 1.82) is 0 Å². The lowest BCUT2D eigenvalue weighted by Crippen LogP contribution is -2.41. The number of anilines is 2. The van der Waals surface area contributed by atoms with E-state index >= 15 is 0 Å². The molecule has 0 bridgehead atoms. The van der Waals surface area contributed by atoms with Crippen LogP contribution in [0.2, 0.25) is 0 Å². The fourth-order valence-corrected chi connectivity index (χ4v) is 4.38. The smallest absolute Gasteiger partial charge is 0.235 e. The second kappa shape index (κ2) is 7.14. The Morgan fingerprint density at radius 3 is 2.70 bits per heavy atom. The highest BCUT2D eigenvalue weighted by atomic mass is 16.5. The summed E-state index contributed by atoms with van der Waals surface area (Å²) in [5.74, 6) is 1.79. The van der Waals surface area contributed by atoms with Crippen molar-refractivity contribution in [2.45, 2.75) is 44.1 Å². The summed E-state index contributed by atoms with van der Waals surface area (Å²) in [5, 5.41) is 6.68. The van der Waals surface area contributed by atoms with E-state index in [1.54, 1.807) is 7.11 Å². The van der Waals surface area contributed by atoms with Crippen LogP contribution in [0.5, 0.6) is 11.5 Å². The standard InChI is InChI=1S/C22H26N2O3/c1-3-27-20-9-8-16(26-2)14-19(20)23-15-10-12-22(13-11-15)17-6-4-5-7-18(17)24-21(22)25/h4-9,14-15,23H,3,10-13H2,1-2H3,(H,24,25). The number of nitrogens with one attached hydrogen (secondary N) is 2. The molecule has 1 saturated carbocycles. The number of methoxy groups -OCH3 is 1. The summed E-state index contributed by atoms with van der Waals surface area (Å²) in [6, 6.07) is 14.2. The molecule has 5 nitrogen and oxygen atoms in total.